The molecule has 0 radical (unpaired) electrons. The fourth-order valence-electron chi connectivity index (χ4n) is 2.58. The van der Waals surface area contributed by atoms with Gasteiger partial charge in [-0.15, -0.1) is 0 Å². The summed E-state index contributed by atoms with van der Waals surface area (Å²) in [5, 5.41) is 0. The zero-order valence-electron chi connectivity index (χ0n) is 11.3. The van der Waals surface area contributed by atoms with Crippen LogP contribution in [-0.4, -0.2) is 16.5 Å². The van der Waals surface area contributed by atoms with Crippen molar-refractivity contribution in [2.75, 3.05) is 17.2 Å². The Hall–Kier alpha value is -2.10. The molecule has 0 amide bonds. The number of nitrogen functional groups attached to an aromatic ring is 1. The fraction of sp³-hybridized carbons (Fsp3) is 0.333. The van der Waals surface area contributed by atoms with Crippen LogP contribution < -0.4 is 10.6 Å². The van der Waals surface area contributed by atoms with Crippen LogP contribution in [0, 0.1) is 13.8 Å². The summed E-state index contributed by atoms with van der Waals surface area (Å²) in [7, 11) is 0. The van der Waals surface area contributed by atoms with E-state index in [1.807, 2.05) is 26.1 Å². The van der Waals surface area contributed by atoms with E-state index in [4.69, 9.17) is 5.73 Å². The number of anilines is 2. The third kappa shape index (κ3) is 2.26. The molecule has 1 aromatic heterocycles. The van der Waals surface area contributed by atoms with E-state index in [9.17, 15) is 0 Å². The summed E-state index contributed by atoms with van der Waals surface area (Å²) in [5.41, 5.74) is 11.3. The van der Waals surface area contributed by atoms with E-state index in [1.54, 1.807) is 0 Å². The molecule has 0 spiro atoms. The molecule has 2 heterocycles. The molecular formula is C15H18N4. The van der Waals surface area contributed by atoms with E-state index in [0.29, 0.717) is 0 Å². The van der Waals surface area contributed by atoms with Gasteiger partial charge in [-0.05, 0) is 43.5 Å². The molecule has 0 bridgehead atoms. The van der Waals surface area contributed by atoms with Crippen LogP contribution in [0.2, 0.25) is 0 Å². The topological polar surface area (TPSA) is 55.0 Å². The second-order valence-electron chi connectivity index (χ2n) is 5.12. The fourth-order valence-corrected chi connectivity index (χ4v) is 2.58. The highest BCUT2D eigenvalue weighted by molar-refractivity contribution is 5.51. The molecule has 0 fully saturated rings. The maximum atomic E-state index is 5.87. The lowest BCUT2D eigenvalue weighted by Crippen LogP contribution is -2.32. The van der Waals surface area contributed by atoms with Gasteiger partial charge in [0.25, 0.3) is 0 Å². The van der Waals surface area contributed by atoms with Crippen LogP contribution in [0.15, 0.2) is 24.4 Å². The van der Waals surface area contributed by atoms with Gasteiger partial charge in [-0.25, -0.2) is 4.98 Å². The molecular weight excluding hydrogens is 236 g/mol. The van der Waals surface area contributed by atoms with Gasteiger partial charge in [0, 0.05) is 25.0 Å². The Morgan fingerprint density at radius 1 is 1.21 bits per heavy atom. The lowest BCUT2D eigenvalue weighted by molar-refractivity contribution is 0.713. The van der Waals surface area contributed by atoms with Gasteiger partial charge in [-0.1, -0.05) is 6.07 Å². The third-order valence-corrected chi connectivity index (χ3v) is 3.59. The van der Waals surface area contributed by atoms with Crippen molar-refractivity contribution >= 4 is 11.5 Å². The first kappa shape index (κ1) is 12.0. The summed E-state index contributed by atoms with van der Waals surface area (Å²) < 4.78 is 0. The number of hydrogen-bond acceptors (Lipinski definition) is 4. The SMILES string of the molecule is Cc1cnc(C)c(N2CCc3ccc(N)cc3C2)n1. The number of aromatic nitrogens is 2. The highest BCUT2D eigenvalue weighted by atomic mass is 15.2. The number of nitrogens with two attached hydrogens (primary N) is 1. The maximum Gasteiger partial charge on any atom is 0.150 e. The molecule has 1 aromatic carbocycles. The number of rotatable bonds is 1. The van der Waals surface area contributed by atoms with E-state index in [2.05, 4.69) is 27.0 Å². The molecule has 2 N–H and O–H groups in total. The Morgan fingerprint density at radius 3 is 2.89 bits per heavy atom. The largest absolute Gasteiger partial charge is 0.399 e. The van der Waals surface area contributed by atoms with Crippen LogP contribution in [0.3, 0.4) is 0 Å². The molecule has 0 atom stereocenters. The van der Waals surface area contributed by atoms with Gasteiger partial charge in [0.15, 0.2) is 5.82 Å². The van der Waals surface area contributed by atoms with Gasteiger partial charge >= 0.3 is 0 Å². The first-order valence-electron chi connectivity index (χ1n) is 6.56. The van der Waals surface area contributed by atoms with Crippen molar-refractivity contribution in [3.8, 4) is 0 Å². The summed E-state index contributed by atoms with van der Waals surface area (Å²) in [6.07, 6.45) is 2.85. The van der Waals surface area contributed by atoms with Crippen molar-refractivity contribution in [3.63, 3.8) is 0 Å². The molecule has 2 aromatic rings. The van der Waals surface area contributed by atoms with E-state index < -0.39 is 0 Å². The van der Waals surface area contributed by atoms with Crippen LogP contribution in [0.4, 0.5) is 11.5 Å². The molecule has 3 rings (SSSR count). The molecule has 98 valence electrons. The minimum absolute atomic E-state index is 0.827. The van der Waals surface area contributed by atoms with E-state index in [0.717, 1.165) is 42.4 Å². The van der Waals surface area contributed by atoms with Crippen LogP contribution in [0.25, 0.3) is 0 Å². The number of nitrogens with zero attached hydrogens (tertiary/aromatic N) is 3. The van der Waals surface area contributed by atoms with Gasteiger partial charge < -0.3 is 10.6 Å². The second kappa shape index (κ2) is 4.53. The molecule has 1 aliphatic rings. The maximum absolute atomic E-state index is 5.87. The van der Waals surface area contributed by atoms with Crippen LogP contribution >= 0.6 is 0 Å². The summed E-state index contributed by atoms with van der Waals surface area (Å²) in [6.45, 7) is 5.83. The lowest BCUT2D eigenvalue weighted by atomic mass is 9.99. The Kier molecular flexibility index (Phi) is 2.85. The smallest absolute Gasteiger partial charge is 0.150 e. The molecule has 0 unspecified atom stereocenters. The van der Waals surface area contributed by atoms with Crippen LogP contribution in [0.5, 0.6) is 0 Å². The normalized spacial score (nSPS) is 14.3. The monoisotopic (exact) mass is 254 g/mol. The minimum Gasteiger partial charge on any atom is -0.399 e. The number of hydrogen-bond donors (Lipinski definition) is 1. The van der Waals surface area contributed by atoms with Gasteiger partial charge in [0.2, 0.25) is 0 Å². The van der Waals surface area contributed by atoms with Crippen molar-refractivity contribution in [2.24, 2.45) is 0 Å². The Labute approximate surface area is 113 Å². The Bertz CT molecular complexity index is 622. The molecule has 0 saturated heterocycles. The molecule has 0 aliphatic carbocycles. The first-order chi connectivity index (χ1) is 9.13. The third-order valence-electron chi connectivity index (χ3n) is 3.59. The van der Waals surface area contributed by atoms with Gasteiger partial charge in [0.05, 0.1) is 11.4 Å². The Balaban J connectivity index is 1.95. The Morgan fingerprint density at radius 2 is 2.05 bits per heavy atom. The number of fused-ring (bicyclic) bond motifs is 1. The highest BCUT2D eigenvalue weighted by Crippen LogP contribution is 2.26. The lowest BCUT2D eigenvalue weighted by Gasteiger charge is -2.30. The molecule has 19 heavy (non-hydrogen) atoms. The van der Waals surface area contributed by atoms with Gasteiger partial charge in [-0.2, -0.15) is 0 Å². The van der Waals surface area contributed by atoms with Crippen molar-refractivity contribution in [2.45, 2.75) is 26.8 Å². The van der Waals surface area contributed by atoms with Crippen molar-refractivity contribution in [3.05, 3.63) is 46.9 Å². The van der Waals surface area contributed by atoms with E-state index in [1.165, 1.54) is 11.1 Å². The summed E-state index contributed by atoms with van der Waals surface area (Å²) >= 11 is 0. The summed E-state index contributed by atoms with van der Waals surface area (Å²) in [5.74, 6) is 0.994. The summed E-state index contributed by atoms with van der Waals surface area (Å²) in [6, 6.07) is 6.18. The summed E-state index contributed by atoms with van der Waals surface area (Å²) in [4.78, 5) is 11.3. The molecule has 4 nitrogen and oxygen atoms in total. The van der Waals surface area contributed by atoms with E-state index >= 15 is 0 Å². The second-order valence-corrected chi connectivity index (χ2v) is 5.12. The predicted molar refractivity (Wildman–Crippen MR) is 77.1 cm³/mol. The zero-order chi connectivity index (χ0) is 13.4. The van der Waals surface area contributed by atoms with Gasteiger partial charge in [-0.3, -0.25) is 4.98 Å². The zero-order valence-corrected chi connectivity index (χ0v) is 11.3. The predicted octanol–water partition coefficient (Wildman–Crippen LogP) is 2.24. The van der Waals surface area contributed by atoms with Gasteiger partial charge in [0.1, 0.15) is 0 Å². The first-order valence-corrected chi connectivity index (χ1v) is 6.56. The standard InChI is InChI=1S/C15H18N4/c1-10-8-17-11(2)15(18-10)19-6-5-12-3-4-14(16)7-13(12)9-19/h3-4,7-8H,5-6,9,16H2,1-2H3. The van der Waals surface area contributed by atoms with Crippen molar-refractivity contribution < 1.29 is 0 Å². The molecule has 1 aliphatic heterocycles. The van der Waals surface area contributed by atoms with E-state index in [-0.39, 0.29) is 0 Å². The van der Waals surface area contributed by atoms with Crippen LogP contribution in [-0.2, 0) is 13.0 Å². The average Bonchev–Trinajstić information content (AvgIpc) is 2.40. The number of benzene rings is 1. The quantitative estimate of drug-likeness (QED) is 0.793. The minimum atomic E-state index is 0.827. The van der Waals surface area contributed by atoms with Crippen LogP contribution in [0.1, 0.15) is 22.5 Å². The highest BCUT2D eigenvalue weighted by Gasteiger charge is 2.19. The molecule has 4 heteroatoms. The van der Waals surface area contributed by atoms with Crippen molar-refractivity contribution in [1.29, 1.82) is 0 Å². The average molecular weight is 254 g/mol. The molecule has 0 saturated carbocycles. The van der Waals surface area contributed by atoms with Crippen molar-refractivity contribution in [1.82, 2.24) is 9.97 Å². The number of aryl methyl sites for hydroxylation is 2.